The highest BCUT2D eigenvalue weighted by molar-refractivity contribution is 5.48. The van der Waals surface area contributed by atoms with Gasteiger partial charge in [-0.25, -0.2) is 4.98 Å². The highest BCUT2D eigenvalue weighted by atomic mass is 16.5. The summed E-state index contributed by atoms with van der Waals surface area (Å²) < 4.78 is 16.1. The number of nitrogens with zero attached hydrogens (tertiary/aromatic N) is 4. The molecule has 1 aliphatic rings. The fourth-order valence-electron chi connectivity index (χ4n) is 3.71. The molecule has 0 aromatic carbocycles. The molecule has 0 spiro atoms. The second-order valence-corrected chi connectivity index (χ2v) is 6.90. The smallest absolute Gasteiger partial charge is 0.176 e. The lowest BCUT2D eigenvalue weighted by atomic mass is 10.1. The van der Waals surface area contributed by atoms with Gasteiger partial charge in [0.15, 0.2) is 11.6 Å². The standard InChI is InChI=1S/C20H26N4O2/c1-4-24-15(3)16(14(2)22-24)13-23-11-10-21-20(23)19-9-8-18(26-19)17-7-5-6-12-25-17/h8-11,17H,4-7,12-13H2,1-3H3. The Labute approximate surface area is 153 Å². The van der Waals surface area contributed by atoms with Crippen LogP contribution in [0.25, 0.3) is 11.6 Å². The summed E-state index contributed by atoms with van der Waals surface area (Å²) in [4.78, 5) is 4.53. The fraction of sp³-hybridized carbons (Fsp3) is 0.500. The van der Waals surface area contributed by atoms with Crippen LogP contribution in [0, 0.1) is 13.8 Å². The van der Waals surface area contributed by atoms with Crippen LogP contribution in [-0.4, -0.2) is 25.9 Å². The van der Waals surface area contributed by atoms with Crippen LogP contribution < -0.4 is 0 Å². The van der Waals surface area contributed by atoms with Crippen LogP contribution in [0.4, 0.5) is 0 Å². The number of imidazole rings is 1. The molecule has 4 rings (SSSR count). The van der Waals surface area contributed by atoms with E-state index in [-0.39, 0.29) is 6.10 Å². The second kappa shape index (κ2) is 7.11. The summed E-state index contributed by atoms with van der Waals surface area (Å²) in [5.74, 6) is 2.54. The van der Waals surface area contributed by atoms with Gasteiger partial charge in [-0.15, -0.1) is 0 Å². The van der Waals surface area contributed by atoms with Crippen molar-refractivity contribution in [2.45, 2.75) is 59.2 Å². The van der Waals surface area contributed by atoms with Gasteiger partial charge in [-0.3, -0.25) is 4.68 Å². The summed E-state index contributed by atoms with van der Waals surface area (Å²) in [5.41, 5.74) is 3.52. The number of aryl methyl sites for hydroxylation is 2. The van der Waals surface area contributed by atoms with Gasteiger partial charge in [0.05, 0.1) is 12.2 Å². The van der Waals surface area contributed by atoms with Crippen molar-refractivity contribution in [2.24, 2.45) is 0 Å². The fourth-order valence-corrected chi connectivity index (χ4v) is 3.71. The molecule has 0 amide bonds. The van der Waals surface area contributed by atoms with Crippen molar-refractivity contribution >= 4 is 0 Å². The predicted molar refractivity (Wildman–Crippen MR) is 99.0 cm³/mol. The van der Waals surface area contributed by atoms with Gasteiger partial charge >= 0.3 is 0 Å². The lowest BCUT2D eigenvalue weighted by Gasteiger charge is -2.20. The number of ether oxygens (including phenoxy) is 1. The maximum absolute atomic E-state index is 6.10. The van der Waals surface area contributed by atoms with Crippen LogP contribution in [0.1, 0.15) is 55.0 Å². The van der Waals surface area contributed by atoms with E-state index in [1.165, 1.54) is 17.7 Å². The molecule has 6 heteroatoms. The summed E-state index contributed by atoms with van der Waals surface area (Å²) >= 11 is 0. The second-order valence-electron chi connectivity index (χ2n) is 6.90. The molecule has 6 nitrogen and oxygen atoms in total. The molecule has 1 aliphatic heterocycles. The van der Waals surface area contributed by atoms with E-state index >= 15 is 0 Å². The van der Waals surface area contributed by atoms with E-state index in [0.29, 0.717) is 0 Å². The van der Waals surface area contributed by atoms with Crippen LogP contribution in [0.3, 0.4) is 0 Å². The third kappa shape index (κ3) is 3.09. The Hall–Kier alpha value is -2.34. The van der Waals surface area contributed by atoms with E-state index in [9.17, 15) is 0 Å². The molecule has 1 unspecified atom stereocenters. The van der Waals surface area contributed by atoms with Crippen LogP contribution in [0.5, 0.6) is 0 Å². The lowest BCUT2D eigenvalue weighted by molar-refractivity contribution is 0.00218. The van der Waals surface area contributed by atoms with E-state index in [1.807, 2.05) is 29.2 Å². The third-order valence-electron chi connectivity index (χ3n) is 5.22. The SMILES string of the molecule is CCn1nc(C)c(Cn2ccnc2-c2ccc(C3CCCCO3)o2)c1C. The van der Waals surface area contributed by atoms with E-state index in [2.05, 4.69) is 35.4 Å². The number of furan rings is 1. The molecule has 3 aromatic heterocycles. The maximum atomic E-state index is 6.10. The van der Waals surface area contributed by atoms with Crippen LogP contribution in [0.2, 0.25) is 0 Å². The first-order valence-corrected chi connectivity index (χ1v) is 9.43. The van der Waals surface area contributed by atoms with E-state index in [4.69, 9.17) is 9.15 Å². The molecule has 0 N–H and O–H groups in total. The van der Waals surface area contributed by atoms with Crippen LogP contribution >= 0.6 is 0 Å². The first-order valence-electron chi connectivity index (χ1n) is 9.43. The Morgan fingerprint density at radius 2 is 2.12 bits per heavy atom. The molecule has 138 valence electrons. The van der Waals surface area contributed by atoms with Gasteiger partial charge in [0.2, 0.25) is 0 Å². The molecule has 4 heterocycles. The van der Waals surface area contributed by atoms with Crippen molar-refractivity contribution in [2.75, 3.05) is 6.61 Å². The molecule has 1 atom stereocenters. The number of hydrogen-bond acceptors (Lipinski definition) is 4. The molecular weight excluding hydrogens is 328 g/mol. The zero-order valence-corrected chi connectivity index (χ0v) is 15.7. The van der Waals surface area contributed by atoms with Gasteiger partial charge in [-0.05, 0) is 52.2 Å². The van der Waals surface area contributed by atoms with Gasteiger partial charge in [-0.2, -0.15) is 5.10 Å². The lowest BCUT2D eigenvalue weighted by Crippen LogP contribution is -2.10. The van der Waals surface area contributed by atoms with Crippen LogP contribution in [0.15, 0.2) is 28.9 Å². The number of aromatic nitrogens is 4. The summed E-state index contributed by atoms with van der Waals surface area (Å²) in [6, 6.07) is 4.03. The van der Waals surface area contributed by atoms with Crippen molar-refractivity contribution in [3.8, 4) is 11.6 Å². The van der Waals surface area contributed by atoms with Crippen molar-refractivity contribution in [1.29, 1.82) is 0 Å². The molecule has 0 saturated carbocycles. The van der Waals surface area contributed by atoms with Gasteiger partial charge < -0.3 is 13.7 Å². The minimum atomic E-state index is 0.0770. The summed E-state index contributed by atoms with van der Waals surface area (Å²) in [6.07, 6.45) is 7.25. The Morgan fingerprint density at radius 3 is 2.85 bits per heavy atom. The molecule has 0 radical (unpaired) electrons. The van der Waals surface area contributed by atoms with Crippen LogP contribution in [-0.2, 0) is 17.8 Å². The van der Waals surface area contributed by atoms with Gasteiger partial charge in [0.1, 0.15) is 11.9 Å². The average molecular weight is 354 g/mol. The van der Waals surface area contributed by atoms with Crippen molar-refractivity contribution in [1.82, 2.24) is 19.3 Å². The minimum absolute atomic E-state index is 0.0770. The summed E-state index contributed by atoms with van der Waals surface area (Å²) in [5, 5.41) is 4.62. The Morgan fingerprint density at radius 1 is 1.23 bits per heavy atom. The largest absolute Gasteiger partial charge is 0.455 e. The van der Waals surface area contributed by atoms with E-state index < -0.39 is 0 Å². The van der Waals surface area contributed by atoms with E-state index in [1.54, 1.807) is 0 Å². The molecular formula is C20H26N4O2. The average Bonchev–Trinajstić information content (AvgIpc) is 3.38. The molecule has 0 aliphatic carbocycles. The van der Waals surface area contributed by atoms with Crippen molar-refractivity contribution in [3.63, 3.8) is 0 Å². The number of hydrogen-bond donors (Lipinski definition) is 0. The van der Waals surface area contributed by atoms with Gasteiger partial charge in [0, 0.05) is 36.8 Å². The van der Waals surface area contributed by atoms with Gasteiger partial charge in [0.25, 0.3) is 0 Å². The quantitative estimate of drug-likeness (QED) is 0.687. The Balaban J connectivity index is 1.60. The van der Waals surface area contributed by atoms with Crippen molar-refractivity contribution in [3.05, 3.63) is 47.2 Å². The summed E-state index contributed by atoms with van der Waals surface area (Å²) in [6.45, 7) is 8.74. The molecule has 3 aromatic rings. The highest BCUT2D eigenvalue weighted by Crippen LogP contribution is 2.32. The zero-order valence-electron chi connectivity index (χ0n) is 15.7. The van der Waals surface area contributed by atoms with Gasteiger partial charge in [-0.1, -0.05) is 0 Å². The first-order chi connectivity index (χ1) is 12.7. The van der Waals surface area contributed by atoms with E-state index in [0.717, 1.165) is 55.6 Å². The highest BCUT2D eigenvalue weighted by Gasteiger charge is 2.21. The molecule has 1 fully saturated rings. The molecule has 0 bridgehead atoms. The maximum Gasteiger partial charge on any atom is 0.176 e. The topological polar surface area (TPSA) is 58.0 Å². The predicted octanol–water partition coefficient (Wildman–Crippen LogP) is 4.27. The first kappa shape index (κ1) is 17.1. The molecule has 1 saturated heterocycles. The zero-order chi connectivity index (χ0) is 18.1. The monoisotopic (exact) mass is 354 g/mol. The Kier molecular flexibility index (Phi) is 4.68. The number of rotatable bonds is 5. The minimum Gasteiger partial charge on any atom is -0.455 e. The Bertz CT molecular complexity index is 884. The summed E-state index contributed by atoms with van der Waals surface area (Å²) in [7, 11) is 0. The molecule has 26 heavy (non-hydrogen) atoms. The normalized spacial score (nSPS) is 17.7. The third-order valence-corrected chi connectivity index (χ3v) is 5.22. The van der Waals surface area contributed by atoms with Crippen molar-refractivity contribution < 1.29 is 9.15 Å².